The van der Waals surface area contributed by atoms with Crippen LogP contribution in [0.25, 0.3) is 0 Å². The Balaban J connectivity index is 2.42. The molecule has 0 fully saturated rings. The van der Waals surface area contributed by atoms with Gasteiger partial charge in [0.15, 0.2) is 0 Å². The molecule has 0 aliphatic carbocycles. The summed E-state index contributed by atoms with van der Waals surface area (Å²) in [5, 5.41) is 17.8. The molecule has 0 aliphatic heterocycles. The van der Waals surface area contributed by atoms with Crippen molar-refractivity contribution < 1.29 is 19.8 Å². The van der Waals surface area contributed by atoms with Crippen LogP contribution in [0.2, 0.25) is 0 Å². The molecule has 1 amide bonds. The van der Waals surface area contributed by atoms with Gasteiger partial charge in [-0.2, -0.15) is 0 Å². The monoisotopic (exact) mass is 251 g/mol. The topological polar surface area (TPSA) is 77.8 Å². The lowest BCUT2D eigenvalue weighted by atomic mass is 10.1. The first-order chi connectivity index (χ1) is 8.49. The molecule has 5 nitrogen and oxygen atoms in total. The molecule has 0 radical (unpaired) electrons. The number of benzene rings is 1. The van der Waals surface area contributed by atoms with Crippen molar-refractivity contribution in [2.24, 2.45) is 0 Å². The molecule has 0 aliphatic rings. The number of phenols is 1. The van der Waals surface area contributed by atoms with Gasteiger partial charge < -0.3 is 15.1 Å². The third-order valence-corrected chi connectivity index (χ3v) is 2.58. The largest absolute Gasteiger partial charge is 0.508 e. The lowest BCUT2D eigenvalue weighted by molar-refractivity contribution is -0.138. The second-order valence-corrected chi connectivity index (χ2v) is 4.16. The summed E-state index contributed by atoms with van der Waals surface area (Å²) in [6.07, 6.45) is 0.708. The average Bonchev–Trinajstić information content (AvgIpc) is 2.28. The molecule has 0 bridgehead atoms. The van der Waals surface area contributed by atoms with Crippen LogP contribution < -0.4 is 0 Å². The van der Waals surface area contributed by atoms with E-state index >= 15 is 0 Å². The van der Waals surface area contributed by atoms with Gasteiger partial charge in [-0.1, -0.05) is 12.1 Å². The van der Waals surface area contributed by atoms with E-state index in [2.05, 4.69) is 0 Å². The lowest BCUT2D eigenvalue weighted by Gasteiger charge is -2.16. The maximum atomic E-state index is 11.8. The van der Waals surface area contributed by atoms with Gasteiger partial charge in [0.25, 0.3) is 0 Å². The van der Waals surface area contributed by atoms with Gasteiger partial charge in [-0.05, 0) is 24.1 Å². The number of hydrogen-bond acceptors (Lipinski definition) is 3. The Morgan fingerprint density at radius 2 is 2.06 bits per heavy atom. The van der Waals surface area contributed by atoms with Gasteiger partial charge in [0.2, 0.25) is 5.91 Å². The smallest absolute Gasteiger partial charge is 0.303 e. The number of amides is 1. The Morgan fingerprint density at radius 1 is 1.33 bits per heavy atom. The molecule has 0 atom stereocenters. The highest BCUT2D eigenvalue weighted by molar-refractivity contribution is 5.78. The molecule has 1 aromatic rings. The first kappa shape index (κ1) is 14.0. The highest BCUT2D eigenvalue weighted by atomic mass is 16.4. The van der Waals surface area contributed by atoms with E-state index in [-0.39, 0.29) is 24.5 Å². The van der Waals surface area contributed by atoms with Gasteiger partial charge in [0, 0.05) is 20.0 Å². The van der Waals surface area contributed by atoms with Gasteiger partial charge >= 0.3 is 5.97 Å². The summed E-state index contributed by atoms with van der Waals surface area (Å²) >= 11 is 0. The van der Waals surface area contributed by atoms with Crippen molar-refractivity contribution in [3.05, 3.63) is 29.8 Å². The molecule has 1 aromatic carbocycles. The Morgan fingerprint density at radius 3 is 2.67 bits per heavy atom. The van der Waals surface area contributed by atoms with E-state index in [1.54, 1.807) is 31.3 Å². The van der Waals surface area contributed by atoms with E-state index in [0.29, 0.717) is 13.0 Å². The number of nitrogens with zero attached hydrogens (tertiary/aromatic N) is 1. The van der Waals surface area contributed by atoms with Crippen LogP contribution >= 0.6 is 0 Å². The molecule has 0 saturated heterocycles. The Kier molecular flexibility index (Phi) is 5.17. The Bertz CT molecular complexity index is 431. The van der Waals surface area contributed by atoms with Crippen LogP contribution in [0.4, 0.5) is 0 Å². The molecule has 0 unspecified atom stereocenters. The van der Waals surface area contributed by atoms with E-state index in [4.69, 9.17) is 5.11 Å². The molecule has 1 rings (SSSR count). The number of aromatic hydroxyl groups is 1. The highest BCUT2D eigenvalue weighted by Crippen LogP contribution is 2.12. The van der Waals surface area contributed by atoms with Crippen molar-refractivity contribution in [3.8, 4) is 5.75 Å². The molecule has 2 N–H and O–H groups in total. The number of rotatable bonds is 6. The van der Waals surface area contributed by atoms with Crippen LogP contribution in [0.1, 0.15) is 18.4 Å². The highest BCUT2D eigenvalue weighted by Gasteiger charge is 2.10. The number of carboxylic acid groups (broad SMARTS) is 1. The van der Waals surface area contributed by atoms with Crippen molar-refractivity contribution in [1.82, 2.24) is 4.90 Å². The van der Waals surface area contributed by atoms with Gasteiger partial charge in [0.05, 0.1) is 6.42 Å². The standard InChI is InChI=1S/C13H17NO4/c1-14(7-3-6-13(17)18)12(16)9-10-4-2-5-11(15)8-10/h2,4-5,8,15H,3,6-7,9H2,1H3,(H,17,18). The SMILES string of the molecule is CN(CCCC(=O)O)C(=O)Cc1cccc(O)c1. The summed E-state index contributed by atoms with van der Waals surface area (Å²) in [4.78, 5) is 23.7. The maximum Gasteiger partial charge on any atom is 0.303 e. The molecule has 0 aromatic heterocycles. The van der Waals surface area contributed by atoms with Crippen molar-refractivity contribution in [2.45, 2.75) is 19.3 Å². The number of carboxylic acids is 1. The second kappa shape index (κ2) is 6.64. The van der Waals surface area contributed by atoms with Gasteiger partial charge in [-0.3, -0.25) is 9.59 Å². The number of phenolic OH excluding ortho intramolecular Hbond substituents is 1. The molecule has 98 valence electrons. The molecule has 5 heteroatoms. The number of likely N-dealkylation sites (N-methyl/N-ethyl adjacent to an activating group) is 1. The van der Waals surface area contributed by atoms with Crippen molar-refractivity contribution in [1.29, 1.82) is 0 Å². The first-order valence-electron chi connectivity index (χ1n) is 5.72. The van der Waals surface area contributed by atoms with Gasteiger partial charge in [-0.15, -0.1) is 0 Å². The van der Waals surface area contributed by atoms with E-state index in [9.17, 15) is 14.7 Å². The summed E-state index contributed by atoms with van der Waals surface area (Å²) in [7, 11) is 1.65. The van der Waals surface area contributed by atoms with Crippen molar-refractivity contribution in [3.63, 3.8) is 0 Å². The summed E-state index contributed by atoms with van der Waals surface area (Å²) in [5.74, 6) is -0.816. The van der Waals surface area contributed by atoms with Crippen LogP contribution in [0, 0.1) is 0 Å². The predicted molar refractivity (Wildman–Crippen MR) is 66.3 cm³/mol. The number of hydrogen-bond donors (Lipinski definition) is 2. The molecular formula is C13H17NO4. The van der Waals surface area contributed by atoms with Crippen LogP contribution in [-0.4, -0.2) is 40.6 Å². The average molecular weight is 251 g/mol. The fourth-order valence-electron chi connectivity index (χ4n) is 1.57. The number of carbonyl (C=O) groups excluding carboxylic acids is 1. The van der Waals surface area contributed by atoms with E-state index in [1.165, 1.54) is 4.90 Å². The Labute approximate surface area is 106 Å². The lowest BCUT2D eigenvalue weighted by Crippen LogP contribution is -2.29. The van der Waals surface area contributed by atoms with Crippen molar-refractivity contribution in [2.75, 3.05) is 13.6 Å². The molecular weight excluding hydrogens is 234 g/mol. The minimum Gasteiger partial charge on any atom is -0.508 e. The second-order valence-electron chi connectivity index (χ2n) is 4.16. The number of aliphatic carboxylic acids is 1. The minimum atomic E-state index is -0.858. The molecule has 0 heterocycles. The first-order valence-corrected chi connectivity index (χ1v) is 5.72. The normalized spacial score (nSPS) is 10.1. The summed E-state index contributed by atoms with van der Waals surface area (Å²) in [6, 6.07) is 6.54. The van der Waals surface area contributed by atoms with Crippen LogP contribution in [0.3, 0.4) is 0 Å². The van der Waals surface area contributed by atoms with Crippen LogP contribution in [0.5, 0.6) is 5.75 Å². The fraction of sp³-hybridized carbons (Fsp3) is 0.385. The minimum absolute atomic E-state index is 0.0593. The quantitative estimate of drug-likeness (QED) is 0.797. The zero-order valence-corrected chi connectivity index (χ0v) is 10.3. The third-order valence-electron chi connectivity index (χ3n) is 2.58. The maximum absolute atomic E-state index is 11.8. The summed E-state index contributed by atoms with van der Waals surface area (Å²) in [6.45, 7) is 0.421. The summed E-state index contributed by atoms with van der Waals surface area (Å²) in [5.41, 5.74) is 0.741. The number of carbonyl (C=O) groups is 2. The van der Waals surface area contributed by atoms with Crippen LogP contribution in [-0.2, 0) is 16.0 Å². The summed E-state index contributed by atoms with van der Waals surface area (Å²) < 4.78 is 0. The van der Waals surface area contributed by atoms with E-state index in [0.717, 1.165) is 5.56 Å². The zero-order valence-electron chi connectivity index (χ0n) is 10.3. The molecule has 0 spiro atoms. The molecule has 18 heavy (non-hydrogen) atoms. The van der Waals surface area contributed by atoms with E-state index < -0.39 is 5.97 Å². The van der Waals surface area contributed by atoms with Gasteiger partial charge in [-0.25, -0.2) is 0 Å². The third kappa shape index (κ3) is 4.86. The fourth-order valence-corrected chi connectivity index (χ4v) is 1.57. The zero-order chi connectivity index (χ0) is 13.5. The predicted octanol–water partition coefficient (Wildman–Crippen LogP) is 1.26. The van der Waals surface area contributed by atoms with Gasteiger partial charge in [0.1, 0.15) is 5.75 Å². The van der Waals surface area contributed by atoms with E-state index in [1.807, 2.05) is 0 Å². The Hall–Kier alpha value is -2.04. The van der Waals surface area contributed by atoms with Crippen molar-refractivity contribution >= 4 is 11.9 Å². The molecule has 0 saturated carbocycles. The van der Waals surface area contributed by atoms with Crippen LogP contribution in [0.15, 0.2) is 24.3 Å².